The molecule has 1 saturated heterocycles. The van der Waals surface area contributed by atoms with Crippen molar-refractivity contribution in [1.82, 2.24) is 4.90 Å². The minimum absolute atomic E-state index is 0.176. The molecule has 3 aliphatic rings. The van der Waals surface area contributed by atoms with E-state index in [1.807, 2.05) is 32.0 Å². The molecule has 3 aliphatic heterocycles. The zero-order chi connectivity index (χ0) is 19.2. The Hall–Kier alpha value is -2.50. The summed E-state index contributed by atoms with van der Waals surface area (Å²) in [6.45, 7) is 5.65. The van der Waals surface area contributed by atoms with Crippen LogP contribution in [0.15, 0.2) is 30.3 Å². The molecule has 5 heteroatoms. The van der Waals surface area contributed by atoms with E-state index in [2.05, 4.69) is 4.90 Å². The first-order valence-corrected chi connectivity index (χ1v) is 9.97. The van der Waals surface area contributed by atoms with Crippen molar-refractivity contribution in [2.45, 2.75) is 51.2 Å². The predicted molar refractivity (Wildman–Crippen MR) is 107 cm³/mol. The molecule has 0 unspecified atom stereocenters. The molecule has 0 bridgehead atoms. The minimum Gasteiger partial charge on any atom is -0.508 e. The van der Waals surface area contributed by atoms with Crippen molar-refractivity contribution in [2.75, 3.05) is 6.54 Å². The molecule has 0 aliphatic carbocycles. The van der Waals surface area contributed by atoms with Gasteiger partial charge in [0.2, 0.25) is 5.79 Å². The number of aliphatic hydroxyl groups excluding tert-OH is 1. The maximum Gasteiger partial charge on any atom is 0.246 e. The fraction of sp³-hybridized carbons (Fsp3) is 0.391. The molecular formula is C23H23NO4. The minimum atomic E-state index is -0.697. The standard InChI is InChI=1S/C23H23NO4/c1-23(2)27-19-9-15-14-8-12(25)5-6-13(14)21-17(16(15)10-20(19)28-23)11-24-7-3-4-18(24)22(21)26/h5-6,8-10,18,22,25-26H,3-4,7,11H2,1-2H3/t18-,22+/m0/s1. The molecule has 3 heterocycles. The van der Waals surface area contributed by atoms with Gasteiger partial charge in [0.25, 0.3) is 0 Å². The molecule has 0 aromatic heterocycles. The predicted octanol–water partition coefficient (Wildman–Crippen LogP) is 4.22. The van der Waals surface area contributed by atoms with Gasteiger partial charge in [0, 0.05) is 26.4 Å². The van der Waals surface area contributed by atoms with Crippen LogP contribution in [-0.4, -0.2) is 33.5 Å². The van der Waals surface area contributed by atoms with Crippen LogP contribution in [0.1, 0.15) is 43.9 Å². The van der Waals surface area contributed by atoms with Crippen molar-refractivity contribution in [3.8, 4) is 17.2 Å². The number of aliphatic hydroxyl groups is 1. The molecule has 28 heavy (non-hydrogen) atoms. The van der Waals surface area contributed by atoms with E-state index in [4.69, 9.17) is 9.47 Å². The Bertz CT molecular complexity index is 1150. The van der Waals surface area contributed by atoms with E-state index in [9.17, 15) is 10.2 Å². The lowest BCUT2D eigenvalue weighted by molar-refractivity contribution is -0.0431. The number of phenols is 1. The number of ether oxygens (including phenoxy) is 2. The summed E-state index contributed by atoms with van der Waals surface area (Å²) in [5.74, 6) is 0.978. The van der Waals surface area contributed by atoms with E-state index in [0.717, 1.165) is 70.1 Å². The molecule has 0 radical (unpaired) electrons. The van der Waals surface area contributed by atoms with Gasteiger partial charge in [-0.1, -0.05) is 6.07 Å². The first-order chi connectivity index (χ1) is 13.4. The molecule has 0 spiro atoms. The second kappa shape index (κ2) is 5.31. The van der Waals surface area contributed by atoms with Crippen LogP contribution in [-0.2, 0) is 6.54 Å². The van der Waals surface area contributed by atoms with E-state index in [1.165, 1.54) is 0 Å². The monoisotopic (exact) mass is 377 g/mol. The highest BCUT2D eigenvalue weighted by Crippen LogP contribution is 2.49. The van der Waals surface area contributed by atoms with E-state index in [-0.39, 0.29) is 11.8 Å². The number of rotatable bonds is 0. The molecule has 0 amide bonds. The van der Waals surface area contributed by atoms with Crippen LogP contribution < -0.4 is 9.47 Å². The van der Waals surface area contributed by atoms with Gasteiger partial charge in [0.1, 0.15) is 5.75 Å². The molecule has 5 nitrogen and oxygen atoms in total. The molecule has 0 saturated carbocycles. The van der Waals surface area contributed by atoms with E-state index in [0.29, 0.717) is 0 Å². The summed E-state index contributed by atoms with van der Waals surface area (Å²) in [5.41, 5.74) is 2.17. The first-order valence-electron chi connectivity index (χ1n) is 9.97. The molecule has 3 aromatic carbocycles. The highest BCUT2D eigenvalue weighted by Gasteiger charge is 2.39. The quantitative estimate of drug-likeness (QED) is 0.575. The van der Waals surface area contributed by atoms with Crippen molar-refractivity contribution in [2.24, 2.45) is 0 Å². The van der Waals surface area contributed by atoms with Crippen molar-refractivity contribution < 1.29 is 19.7 Å². The molecule has 3 aromatic rings. The second-order valence-electron chi connectivity index (χ2n) is 8.70. The average Bonchev–Trinajstić information content (AvgIpc) is 3.22. The SMILES string of the molecule is CC1(C)Oc2cc3c4c(c5ccc(O)cc5c3cc2O1)[C@H](O)[C@@H]1CCCN1C4. The summed E-state index contributed by atoms with van der Waals surface area (Å²) >= 11 is 0. The average molecular weight is 377 g/mol. The molecule has 1 fully saturated rings. The fourth-order valence-electron chi connectivity index (χ4n) is 5.35. The Labute approximate surface area is 163 Å². The van der Waals surface area contributed by atoms with Gasteiger partial charge in [0.05, 0.1) is 6.10 Å². The Morgan fingerprint density at radius 1 is 1.00 bits per heavy atom. The zero-order valence-electron chi connectivity index (χ0n) is 16.0. The summed E-state index contributed by atoms with van der Waals surface area (Å²) in [6, 6.07) is 9.67. The van der Waals surface area contributed by atoms with E-state index in [1.54, 1.807) is 12.1 Å². The lowest BCUT2D eigenvalue weighted by atomic mass is 9.83. The van der Waals surface area contributed by atoms with Crippen LogP contribution in [0.3, 0.4) is 0 Å². The third-order valence-electron chi connectivity index (χ3n) is 6.46. The van der Waals surface area contributed by atoms with Crippen LogP contribution >= 0.6 is 0 Å². The molecular weight excluding hydrogens is 354 g/mol. The Morgan fingerprint density at radius 2 is 1.71 bits per heavy atom. The number of aromatic hydroxyl groups is 1. The molecule has 2 N–H and O–H groups in total. The number of nitrogens with zero attached hydrogens (tertiary/aromatic N) is 1. The van der Waals surface area contributed by atoms with Crippen LogP contribution in [0.5, 0.6) is 17.2 Å². The van der Waals surface area contributed by atoms with Gasteiger partial charge in [-0.05, 0) is 76.3 Å². The van der Waals surface area contributed by atoms with Gasteiger partial charge < -0.3 is 19.7 Å². The van der Waals surface area contributed by atoms with E-state index >= 15 is 0 Å². The lowest BCUT2D eigenvalue weighted by Crippen LogP contribution is -2.39. The van der Waals surface area contributed by atoms with Crippen molar-refractivity contribution in [3.05, 3.63) is 41.5 Å². The summed E-state index contributed by atoms with van der Waals surface area (Å²) < 4.78 is 12.0. The van der Waals surface area contributed by atoms with Gasteiger partial charge in [-0.2, -0.15) is 0 Å². The largest absolute Gasteiger partial charge is 0.508 e. The van der Waals surface area contributed by atoms with Crippen LogP contribution in [0.4, 0.5) is 0 Å². The van der Waals surface area contributed by atoms with Gasteiger partial charge in [-0.25, -0.2) is 0 Å². The lowest BCUT2D eigenvalue weighted by Gasteiger charge is -2.37. The zero-order valence-corrected chi connectivity index (χ0v) is 16.0. The normalized spacial score (nSPS) is 25.2. The summed E-state index contributed by atoms with van der Waals surface area (Å²) in [6.07, 6.45) is 1.62. The number of phenolic OH excluding ortho intramolecular Hbond substituents is 1. The Balaban J connectivity index is 1.72. The summed E-state index contributed by atoms with van der Waals surface area (Å²) in [7, 11) is 0. The topological polar surface area (TPSA) is 62.2 Å². The van der Waals surface area contributed by atoms with Crippen molar-refractivity contribution in [3.63, 3.8) is 0 Å². The maximum absolute atomic E-state index is 11.3. The highest BCUT2D eigenvalue weighted by molar-refractivity contribution is 6.12. The smallest absolute Gasteiger partial charge is 0.246 e. The van der Waals surface area contributed by atoms with Crippen LogP contribution in [0.2, 0.25) is 0 Å². The number of hydrogen-bond acceptors (Lipinski definition) is 5. The Kier molecular flexibility index (Phi) is 3.12. The summed E-state index contributed by atoms with van der Waals surface area (Å²) in [5, 5.41) is 25.5. The number of fused-ring (bicyclic) bond motifs is 8. The molecule has 2 atom stereocenters. The second-order valence-corrected chi connectivity index (χ2v) is 8.70. The number of benzene rings is 3. The third-order valence-corrected chi connectivity index (χ3v) is 6.46. The first kappa shape index (κ1) is 16.5. The van der Waals surface area contributed by atoms with Gasteiger partial charge in [0.15, 0.2) is 11.5 Å². The van der Waals surface area contributed by atoms with Crippen molar-refractivity contribution in [1.29, 1.82) is 0 Å². The Morgan fingerprint density at radius 3 is 2.50 bits per heavy atom. The fourth-order valence-corrected chi connectivity index (χ4v) is 5.35. The van der Waals surface area contributed by atoms with Crippen molar-refractivity contribution >= 4 is 21.5 Å². The van der Waals surface area contributed by atoms with E-state index < -0.39 is 11.9 Å². The van der Waals surface area contributed by atoms with Gasteiger partial charge in [-0.3, -0.25) is 4.90 Å². The molecule has 6 rings (SSSR count). The maximum atomic E-state index is 11.3. The highest BCUT2D eigenvalue weighted by atomic mass is 16.7. The third kappa shape index (κ3) is 2.14. The van der Waals surface area contributed by atoms with Crippen LogP contribution in [0, 0.1) is 0 Å². The van der Waals surface area contributed by atoms with Crippen LogP contribution in [0.25, 0.3) is 21.5 Å². The van der Waals surface area contributed by atoms with Gasteiger partial charge in [-0.15, -0.1) is 0 Å². The number of hydrogen-bond donors (Lipinski definition) is 2. The van der Waals surface area contributed by atoms with Gasteiger partial charge >= 0.3 is 0 Å². The summed E-state index contributed by atoms with van der Waals surface area (Å²) in [4.78, 5) is 2.40. The molecule has 144 valence electrons.